The van der Waals surface area contributed by atoms with Crippen LogP contribution in [-0.4, -0.2) is 0 Å². The van der Waals surface area contributed by atoms with Crippen molar-refractivity contribution in [2.45, 2.75) is 0 Å². The van der Waals surface area contributed by atoms with Gasteiger partial charge in [-0.3, -0.25) is 0 Å². The summed E-state index contributed by atoms with van der Waals surface area (Å²) < 4.78 is 0. The van der Waals surface area contributed by atoms with Crippen molar-refractivity contribution < 1.29 is 16.4 Å². The molecule has 0 aliphatic rings. The maximum atomic E-state index is 8.58. The molecule has 0 N–H and O–H groups in total. The van der Waals surface area contributed by atoms with Gasteiger partial charge in [0.15, 0.2) is 0 Å². The van der Waals surface area contributed by atoms with Crippen molar-refractivity contribution in [1.29, 1.82) is 31.6 Å². The van der Waals surface area contributed by atoms with Gasteiger partial charge in [0.25, 0.3) is 0 Å². The molecule has 0 aliphatic carbocycles. The molecule has 0 saturated heterocycles. The smallest absolute Gasteiger partial charge is 1.00 e. The molecular weight excluding hydrogens is 212 g/mol. The molecular formula is C6H4FeN6. The summed E-state index contributed by atoms with van der Waals surface area (Å²) in [5.41, 5.74) is 0. The van der Waals surface area contributed by atoms with Crippen LogP contribution in [0, 0.1) is 61.4 Å². The third kappa shape index (κ3) is 0.698. The van der Waals surface area contributed by atoms with E-state index in [4.69, 9.17) is 31.6 Å². The average Bonchev–Trinajstić information content (AvgIpc) is 2.26. The molecule has 0 bridgehead atoms. The molecule has 0 rings (SSSR count). The molecule has 6 nitrogen and oxygen atoms in total. The predicted molar refractivity (Wildman–Crippen MR) is 38.1 cm³/mol. The van der Waals surface area contributed by atoms with Crippen LogP contribution in [0.25, 0.3) is 0 Å². The van der Waals surface area contributed by atoms with Gasteiger partial charge in [0, 0.05) is 0 Å². The van der Waals surface area contributed by atoms with E-state index >= 15 is 0 Å². The Morgan fingerprint density at radius 3 is 0.692 bits per heavy atom. The third-order valence-corrected chi connectivity index (χ3v) is 4.89. The molecule has 0 atom stereocenters. The van der Waals surface area contributed by atoms with Crippen molar-refractivity contribution in [3.8, 4) is 29.8 Å². The van der Waals surface area contributed by atoms with Crippen LogP contribution in [-0.2, 0) is 10.7 Å². The zero-order valence-corrected chi connectivity index (χ0v) is 7.14. The van der Waals surface area contributed by atoms with E-state index in [1.807, 2.05) is 0 Å². The maximum Gasteiger partial charge on any atom is 1.00 e. The van der Waals surface area contributed by atoms with Crippen molar-refractivity contribution >= 4 is 0 Å². The Labute approximate surface area is 78.5 Å². The van der Waals surface area contributed by atoms with Crippen molar-refractivity contribution in [1.82, 2.24) is 0 Å². The van der Waals surface area contributed by atoms with Crippen molar-refractivity contribution in [2.75, 3.05) is 0 Å². The molecule has 0 aromatic heterocycles. The number of nitriles is 6. The molecule has 0 aromatic rings. The van der Waals surface area contributed by atoms with Gasteiger partial charge >= 0.3 is 77.8 Å². The van der Waals surface area contributed by atoms with Gasteiger partial charge in [0.2, 0.25) is 0 Å². The molecule has 0 radical (unpaired) electrons. The van der Waals surface area contributed by atoms with E-state index in [-0.39, 0.29) is 5.71 Å². The molecule has 0 unspecified atom stereocenters. The zero-order chi connectivity index (χ0) is 10.7. The van der Waals surface area contributed by atoms with E-state index in [0.29, 0.717) is 0 Å². The first-order valence-electron chi connectivity index (χ1n) is 2.40. The fourth-order valence-corrected chi connectivity index (χ4v) is 1.09. The zero-order valence-electron chi connectivity index (χ0n) is 10.0. The summed E-state index contributed by atoms with van der Waals surface area (Å²) in [5, 5.41) is 51.5. The van der Waals surface area contributed by atoms with E-state index in [0.717, 1.165) is 29.8 Å². The Hall–Kier alpha value is -2.54. The Morgan fingerprint density at radius 1 is 0.538 bits per heavy atom. The van der Waals surface area contributed by atoms with Crippen molar-refractivity contribution in [3.05, 3.63) is 0 Å². The number of hydrogen-bond donors (Lipinski definition) is 0. The Kier molecular flexibility index (Phi) is 1.60. The van der Waals surface area contributed by atoms with Gasteiger partial charge < -0.3 is 0 Å². The van der Waals surface area contributed by atoms with Gasteiger partial charge in [-0.2, -0.15) is 0 Å². The summed E-state index contributed by atoms with van der Waals surface area (Å²) >= 11 is 0. The molecule has 0 spiro atoms. The molecule has 0 heterocycles. The molecule has 0 fully saturated rings. The normalized spacial score (nSPS) is 13.4. The van der Waals surface area contributed by atoms with Crippen LogP contribution >= 0.6 is 0 Å². The minimum Gasteiger partial charge on any atom is 1.00 e. The van der Waals surface area contributed by atoms with Crippen LogP contribution in [0.15, 0.2) is 0 Å². The second-order valence-electron chi connectivity index (χ2n) is 1.80. The third-order valence-electron chi connectivity index (χ3n) is 1.19. The first-order chi connectivity index (χ1) is 5.97. The van der Waals surface area contributed by atoms with Gasteiger partial charge in [-0.1, -0.05) is 0 Å². The Bertz CT molecular complexity index is 400. The minimum absolute atomic E-state index is 0. The minimum atomic E-state index is -6.17. The van der Waals surface area contributed by atoms with Crippen LogP contribution < -0.4 is 0 Å². The van der Waals surface area contributed by atoms with E-state index in [9.17, 15) is 0 Å². The summed E-state index contributed by atoms with van der Waals surface area (Å²) in [6.45, 7) is 0. The largest absolute Gasteiger partial charge is 1.00 e. The maximum absolute atomic E-state index is 8.58. The Balaban J connectivity index is -0.000000120. The summed E-state index contributed by atoms with van der Waals surface area (Å²) in [5.74, 6) is 0. The van der Waals surface area contributed by atoms with Crippen molar-refractivity contribution in [2.24, 2.45) is 0 Å². The number of rotatable bonds is 0. The van der Waals surface area contributed by atoms with Gasteiger partial charge in [-0.05, 0) is 0 Å². The average molecular weight is 216 g/mol. The van der Waals surface area contributed by atoms with Gasteiger partial charge in [0.05, 0.1) is 0 Å². The number of hydrogen-bond acceptors (Lipinski definition) is 6. The molecule has 0 aromatic carbocycles. The topological polar surface area (TPSA) is 143 Å². The molecule has 7 heteroatoms. The fraction of sp³-hybridized carbons (Fsp3) is 0. The van der Waals surface area contributed by atoms with Crippen LogP contribution in [0.1, 0.15) is 5.71 Å². The molecule has 66 valence electrons. The van der Waals surface area contributed by atoms with Crippen LogP contribution in [0.4, 0.5) is 0 Å². The van der Waals surface area contributed by atoms with Gasteiger partial charge in [-0.15, -0.1) is 0 Å². The van der Waals surface area contributed by atoms with Crippen LogP contribution in [0.2, 0.25) is 0 Å². The van der Waals surface area contributed by atoms with Crippen LogP contribution in [0.3, 0.4) is 0 Å². The number of nitrogens with zero attached hydrogens (tertiary/aromatic N) is 6. The van der Waals surface area contributed by atoms with Crippen LogP contribution in [0.5, 0.6) is 0 Å². The Morgan fingerprint density at radius 2 is 0.692 bits per heavy atom. The van der Waals surface area contributed by atoms with E-state index < -0.39 is 10.7 Å². The second kappa shape index (κ2) is 1.99. The van der Waals surface area contributed by atoms with E-state index in [2.05, 4.69) is 0 Å². The first-order valence-corrected chi connectivity index (χ1v) is 5.71. The summed E-state index contributed by atoms with van der Waals surface area (Å²) in [6, 6.07) is 0. The molecule has 13 heavy (non-hydrogen) atoms. The monoisotopic (exact) mass is 216 g/mol. The van der Waals surface area contributed by atoms with E-state index in [1.54, 1.807) is 0 Å². The summed E-state index contributed by atoms with van der Waals surface area (Å²) in [7, 11) is -6.17. The standard InChI is InChI=1S/6CN.Fe/c6*1-2;/q;;;;;;-4/p+4. The predicted octanol–water partition coefficient (Wildman–Crippen LogP) is 0.548. The first kappa shape index (κ1) is 10.5. The summed E-state index contributed by atoms with van der Waals surface area (Å²) in [4.78, 5) is 6.19. The quantitative estimate of drug-likeness (QED) is 0.540. The molecule has 0 aliphatic heterocycles. The molecule has 0 amide bonds. The van der Waals surface area contributed by atoms with Gasteiger partial charge in [0.1, 0.15) is 0 Å². The van der Waals surface area contributed by atoms with E-state index in [1.165, 1.54) is 0 Å². The SMILES string of the molecule is N#[C][Fe-4]([C]#N)([C]#N)([C]#N)([C]#N)[C]#N.[H+].[H+].[H+].[H+]. The van der Waals surface area contributed by atoms with Gasteiger partial charge in [-0.25, -0.2) is 0 Å². The fourth-order valence-electron chi connectivity index (χ4n) is 0.265. The van der Waals surface area contributed by atoms with Crippen molar-refractivity contribution in [3.63, 3.8) is 0 Å². The molecule has 0 saturated carbocycles. The second-order valence-corrected chi connectivity index (χ2v) is 7.42. The summed E-state index contributed by atoms with van der Waals surface area (Å²) in [6.07, 6.45) is 0.